The van der Waals surface area contributed by atoms with Crippen molar-refractivity contribution in [3.63, 3.8) is 0 Å². The molecule has 1 amide bonds. The van der Waals surface area contributed by atoms with Crippen LogP contribution in [0.25, 0.3) is 5.69 Å². The summed E-state index contributed by atoms with van der Waals surface area (Å²) in [5, 5.41) is 12.9. The summed E-state index contributed by atoms with van der Waals surface area (Å²) in [6, 6.07) is 9.27. The zero-order valence-electron chi connectivity index (χ0n) is 13.1. The Morgan fingerprint density at radius 1 is 1.28 bits per heavy atom. The van der Waals surface area contributed by atoms with Crippen LogP contribution in [-0.4, -0.2) is 25.9 Å². The Bertz CT molecular complexity index is 1010. The molecule has 0 spiro atoms. The minimum absolute atomic E-state index is 0.285. The molecule has 1 aliphatic carbocycles. The van der Waals surface area contributed by atoms with Crippen LogP contribution in [0.4, 0.5) is 10.2 Å². The van der Waals surface area contributed by atoms with Crippen molar-refractivity contribution < 1.29 is 9.18 Å². The minimum atomic E-state index is -0.833. The largest absolute Gasteiger partial charge is 0.308 e. The number of anilines is 1. The lowest BCUT2D eigenvalue weighted by Gasteiger charge is -2.15. The molecule has 8 heteroatoms. The van der Waals surface area contributed by atoms with E-state index in [1.54, 1.807) is 30.5 Å². The molecule has 0 saturated heterocycles. The minimum Gasteiger partial charge on any atom is -0.308 e. The Labute approximate surface area is 141 Å². The molecule has 1 fully saturated rings. The maximum absolute atomic E-state index is 14.0. The van der Waals surface area contributed by atoms with Crippen molar-refractivity contribution >= 4 is 11.7 Å². The molecule has 0 aliphatic heterocycles. The van der Waals surface area contributed by atoms with E-state index in [9.17, 15) is 14.0 Å². The molecule has 1 aliphatic rings. The van der Waals surface area contributed by atoms with Crippen LogP contribution in [-0.2, 0) is 10.2 Å². The highest BCUT2D eigenvalue weighted by Gasteiger charge is 2.52. The Kier molecular flexibility index (Phi) is 3.45. The average molecular weight is 339 g/mol. The van der Waals surface area contributed by atoms with Gasteiger partial charge in [0.25, 0.3) is 5.56 Å². The van der Waals surface area contributed by atoms with Gasteiger partial charge in [-0.15, -0.1) is 5.10 Å². The summed E-state index contributed by atoms with van der Waals surface area (Å²) < 4.78 is 15.5. The third-order valence-electron chi connectivity index (χ3n) is 4.32. The van der Waals surface area contributed by atoms with Crippen molar-refractivity contribution in [3.8, 4) is 5.69 Å². The monoisotopic (exact) mass is 339 g/mol. The summed E-state index contributed by atoms with van der Waals surface area (Å²) >= 11 is 0. The van der Waals surface area contributed by atoms with Crippen LogP contribution in [0.3, 0.4) is 0 Å². The van der Waals surface area contributed by atoms with Crippen molar-refractivity contribution in [3.05, 3.63) is 70.5 Å². The number of aromatic nitrogens is 4. The zero-order chi connectivity index (χ0) is 17.4. The summed E-state index contributed by atoms with van der Waals surface area (Å²) in [5.41, 5.74) is -0.305. The topological polar surface area (TPSA) is 92.7 Å². The van der Waals surface area contributed by atoms with Gasteiger partial charge >= 0.3 is 0 Å². The lowest BCUT2D eigenvalue weighted by atomic mass is 9.94. The number of amides is 1. The number of hydrogen-bond acceptors (Lipinski definition) is 4. The van der Waals surface area contributed by atoms with Crippen LogP contribution < -0.4 is 10.9 Å². The second-order valence-corrected chi connectivity index (χ2v) is 5.97. The zero-order valence-corrected chi connectivity index (χ0v) is 13.1. The number of rotatable bonds is 4. The molecule has 1 aromatic carbocycles. The fraction of sp³-hybridized carbons (Fsp3) is 0.176. The van der Waals surface area contributed by atoms with Crippen LogP contribution >= 0.6 is 0 Å². The standard InChI is InChI=1S/C17H14FN5O2/c18-13-4-2-1-3-12(13)17(6-7-17)16(25)20-14-5-8-23(22-14)11-9-15(24)21-19-10-11/h1-5,8-10H,6-7H2,(H,21,24)(H,20,22,25). The van der Waals surface area contributed by atoms with Gasteiger partial charge in [-0.1, -0.05) is 18.2 Å². The van der Waals surface area contributed by atoms with Gasteiger partial charge in [0.15, 0.2) is 5.82 Å². The smallest absolute Gasteiger partial charge is 0.266 e. The molecular formula is C17H14FN5O2. The average Bonchev–Trinajstić information content (AvgIpc) is 3.28. The molecule has 2 N–H and O–H groups in total. The number of nitrogens with one attached hydrogen (secondary N) is 2. The summed E-state index contributed by atoms with van der Waals surface area (Å²) in [4.78, 5) is 24.0. The summed E-state index contributed by atoms with van der Waals surface area (Å²) in [6.45, 7) is 0. The van der Waals surface area contributed by atoms with Gasteiger partial charge in [-0.05, 0) is 18.9 Å². The van der Waals surface area contributed by atoms with Crippen molar-refractivity contribution in [2.45, 2.75) is 18.3 Å². The fourth-order valence-electron chi connectivity index (χ4n) is 2.85. The van der Waals surface area contributed by atoms with Crippen molar-refractivity contribution in [2.24, 2.45) is 0 Å². The van der Waals surface area contributed by atoms with Gasteiger partial charge in [0.2, 0.25) is 5.91 Å². The Balaban J connectivity index is 1.56. The van der Waals surface area contributed by atoms with Crippen LogP contribution in [0.15, 0.2) is 53.6 Å². The van der Waals surface area contributed by atoms with E-state index in [4.69, 9.17) is 0 Å². The van der Waals surface area contributed by atoms with Gasteiger partial charge in [0.05, 0.1) is 17.3 Å². The first-order chi connectivity index (χ1) is 12.1. The number of nitrogens with zero attached hydrogens (tertiary/aromatic N) is 3. The first kappa shape index (κ1) is 15.3. The number of aromatic amines is 1. The van der Waals surface area contributed by atoms with E-state index < -0.39 is 5.41 Å². The quantitative estimate of drug-likeness (QED) is 0.757. The van der Waals surface area contributed by atoms with E-state index in [0.717, 1.165) is 0 Å². The van der Waals surface area contributed by atoms with E-state index in [1.165, 1.54) is 23.0 Å². The van der Waals surface area contributed by atoms with Crippen molar-refractivity contribution in [2.75, 3.05) is 5.32 Å². The van der Waals surface area contributed by atoms with Gasteiger partial charge in [0, 0.05) is 23.9 Å². The molecule has 3 aromatic rings. The first-order valence-electron chi connectivity index (χ1n) is 7.76. The van der Waals surface area contributed by atoms with E-state index >= 15 is 0 Å². The molecule has 0 atom stereocenters. The lowest BCUT2D eigenvalue weighted by molar-refractivity contribution is -0.118. The van der Waals surface area contributed by atoms with Crippen molar-refractivity contribution in [1.82, 2.24) is 20.0 Å². The third-order valence-corrected chi connectivity index (χ3v) is 4.32. The predicted molar refractivity (Wildman–Crippen MR) is 87.9 cm³/mol. The van der Waals surface area contributed by atoms with Gasteiger partial charge in [-0.3, -0.25) is 9.59 Å². The highest BCUT2D eigenvalue weighted by molar-refractivity contribution is 6.00. The maximum Gasteiger partial charge on any atom is 0.266 e. The lowest BCUT2D eigenvalue weighted by Crippen LogP contribution is -2.29. The van der Waals surface area contributed by atoms with Crippen LogP contribution in [0.1, 0.15) is 18.4 Å². The third kappa shape index (κ3) is 2.71. The number of benzene rings is 1. The molecule has 25 heavy (non-hydrogen) atoms. The van der Waals surface area contributed by atoms with Crippen molar-refractivity contribution in [1.29, 1.82) is 0 Å². The second kappa shape index (κ2) is 5.66. The first-order valence-corrected chi connectivity index (χ1v) is 7.76. The molecule has 2 heterocycles. The number of halogens is 1. The summed E-state index contributed by atoms with van der Waals surface area (Å²) in [7, 11) is 0. The molecule has 1 saturated carbocycles. The van der Waals surface area contributed by atoms with Gasteiger partial charge in [0.1, 0.15) is 5.82 Å². The number of H-pyrrole nitrogens is 1. The molecule has 0 unspecified atom stereocenters. The molecule has 2 aromatic heterocycles. The van der Waals surface area contributed by atoms with E-state index in [0.29, 0.717) is 29.9 Å². The van der Waals surface area contributed by atoms with E-state index in [2.05, 4.69) is 20.6 Å². The summed E-state index contributed by atoms with van der Waals surface area (Å²) in [5.74, 6) is -0.338. The molecule has 126 valence electrons. The predicted octanol–water partition coefficient (Wildman–Crippen LogP) is 1.76. The number of carbonyl (C=O) groups excluding carboxylic acids is 1. The van der Waals surface area contributed by atoms with Crippen LogP contribution in [0, 0.1) is 5.82 Å². The Morgan fingerprint density at radius 3 is 2.80 bits per heavy atom. The highest BCUT2D eigenvalue weighted by Crippen LogP contribution is 2.49. The highest BCUT2D eigenvalue weighted by atomic mass is 19.1. The van der Waals surface area contributed by atoms with Crippen LogP contribution in [0.5, 0.6) is 0 Å². The number of carbonyl (C=O) groups is 1. The van der Waals surface area contributed by atoms with Crippen LogP contribution in [0.2, 0.25) is 0 Å². The van der Waals surface area contributed by atoms with Gasteiger partial charge in [-0.25, -0.2) is 14.2 Å². The maximum atomic E-state index is 14.0. The number of hydrogen-bond donors (Lipinski definition) is 2. The summed E-state index contributed by atoms with van der Waals surface area (Å²) in [6.07, 6.45) is 4.24. The molecular weight excluding hydrogens is 325 g/mol. The Hall–Kier alpha value is -3.29. The molecule has 4 rings (SSSR count). The molecule has 0 radical (unpaired) electrons. The fourth-order valence-corrected chi connectivity index (χ4v) is 2.85. The normalized spacial score (nSPS) is 14.9. The molecule has 0 bridgehead atoms. The van der Waals surface area contributed by atoms with Gasteiger partial charge in [-0.2, -0.15) is 5.10 Å². The van der Waals surface area contributed by atoms with E-state index in [-0.39, 0.29) is 17.3 Å². The second-order valence-electron chi connectivity index (χ2n) is 5.97. The SMILES string of the molecule is O=C(Nc1ccn(-c2cn[nH]c(=O)c2)n1)C1(c2ccccc2F)CC1. The molecule has 7 nitrogen and oxygen atoms in total. The van der Waals surface area contributed by atoms with E-state index in [1.807, 2.05) is 0 Å². The Morgan fingerprint density at radius 2 is 2.08 bits per heavy atom. The van der Waals surface area contributed by atoms with Gasteiger partial charge < -0.3 is 5.32 Å².